The molecule has 0 spiro atoms. The van der Waals surface area contributed by atoms with Gasteiger partial charge in [0, 0.05) is 23.7 Å². The number of fused-ring (bicyclic) bond motifs is 1. The summed E-state index contributed by atoms with van der Waals surface area (Å²) in [6.07, 6.45) is 2.15. The average Bonchev–Trinajstić information content (AvgIpc) is 2.94. The van der Waals surface area contributed by atoms with E-state index in [1.54, 1.807) is 0 Å². The Kier molecular flexibility index (Phi) is 4.87. The minimum absolute atomic E-state index is 0.694. The van der Waals surface area contributed by atoms with Gasteiger partial charge in [-0.3, -0.25) is 0 Å². The molecule has 2 N–H and O–H groups in total. The Bertz CT molecular complexity index is 775. The van der Waals surface area contributed by atoms with Crippen LogP contribution >= 0.6 is 11.6 Å². The maximum absolute atomic E-state index is 5.91. The number of rotatable bonds is 6. The van der Waals surface area contributed by atoms with E-state index in [9.17, 15) is 0 Å². The summed E-state index contributed by atoms with van der Waals surface area (Å²) in [6, 6.07) is 14.2. The quantitative estimate of drug-likeness (QED) is 0.635. The summed E-state index contributed by atoms with van der Waals surface area (Å²) < 4.78 is 0. The highest BCUT2D eigenvalue weighted by molar-refractivity contribution is 6.30. The monoisotopic (exact) mass is 327 g/mol. The van der Waals surface area contributed by atoms with Gasteiger partial charge in [-0.15, -0.1) is 0 Å². The van der Waals surface area contributed by atoms with Gasteiger partial charge in [-0.05, 0) is 48.2 Å². The molecule has 0 unspecified atom stereocenters. The lowest BCUT2D eigenvalue weighted by atomic mass is 10.1. The van der Waals surface area contributed by atoms with Crippen molar-refractivity contribution in [3.63, 3.8) is 0 Å². The van der Waals surface area contributed by atoms with Crippen molar-refractivity contribution in [3.8, 4) is 0 Å². The first-order chi connectivity index (χ1) is 11.1. The lowest BCUT2D eigenvalue weighted by molar-refractivity contribution is 0.577. The number of H-pyrrole nitrogens is 1. The molecule has 3 aromatic rings. The number of anilines is 1. The predicted octanol–water partition coefficient (Wildman–Crippen LogP) is 5.42. The zero-order valence-electron chi connectivity index (χ0n) is 13.6. The number of hydrogen-bond acceptors (Lipinski definition) is 2. The molecule has 2 aromatic carbocycles. The number of aryl methyl sites for hydroxylation is 1. The van der Waals surface area contributed by atoms with Gasteiger partial charge in [-0.1, -0.05) is 37.6 Å². The predicted molar refractivity (Wildman–Crippen MR) is 98.0 cm³/mol. The summed E-state index contributed by atoms with van der Waals surface area (Å²) in [5.41, 5.74) is 4.41. The molecule has 3 nitrogen and oxygen atoms in total. The molecular weight excluding hydrogens is 306 g/mol. The fourth-order valence-electron chi connectivity index (χ4n) is 2.52. The van der Waals surface area contributed by atoms with Gasteiger partial charge < -0.3 is 10.3 Å². The lowest BCUT2D eigenvalue weighted by Gasteiger charge is -2.06. The molecule has 1 heterocycles. The number of benzene rings is 2. The van der Waals surface area contributed by atoms with E-state index >= 15 is 0 Å². The SMILES string of the molecule is CC(C)CCc1nc2ccc(NCc3ccc(Cl)cc3)cc2[nH]1. The lowest BCUT2D eigenvalue weighted by Crippen LogP contribution is -1.98. The third kappa shape index (κ3) is 4.26. The third-order valence-corrected chi connectivity index (χ3v) is 4.15. The fraction of sp³-hybridized carbons (Fsp3) is 0.316. The van der Waals surface area contributed by atoms with Gasteiger partial charge in [0.1, 0.15) is 5.82 Å². The molecule has 1 aromatic heterocycles. The summed E-state index contributed by atoms with van der Waals surface area (Å²) in [5.74, 6) is 1.77. The second-order valence-electron chi connectivity index (χ2n) is 6.33. The number of halogens is 1. The number of imidazole rings is 1. The standard InChI is InChI=1S/C19H22ClN3/c1-13(2)3-10-19-22-17-9-8-16(11-18(17)23-19)21-12-14-4-6-15(20)7-5-14/h4-9,11,13,21H,3,10,12H2,1-2H3,(H,22,23). The highest BCUT2D eigenvalue weighted by atomic mass is 35.5. The molecule has 0 bridgehead atoms. The van der Waals surface area contributed by atoms with Crippen LogP contribution in [0.2, 0.25) is 5.02 Å². The summed E-state index contributed by atoms with van der Waals surface area (Å²) >= 11 is 5.91. The minimum atomic E-state index is 0.694. The number of hydrogen-bond donors (Lipinski definition) is 2. The van der Waals surface area contributed by atoms with E-state index in [4.69, 9.17) is 11.6 Å². The Labute approximate surface area is 142 Å². The van der Waals surface area contributed by atoms with E-state index in [0.29, 0.717) is 5.92 Å². The molecule has 0 aliphatic carbocycles. The molecular formula is C19H22ClN3. The van der Waals surface area contributed by atoms with Crippen molar-refractivity contribution < 1.29 is 0 Å². The molecule has 0 saturated heterocycles. The van der Waals surface area contributed by atoms with Gasteiger partial charge in [0.15, 0.2) is 0 Å². The van der Waals surface area contributed by atoms with Crippen molar-refractivity contribution >= 4 is 28.3 Å². The normalized spacial score (nSPS) is 11.3. The van der Waals surface area contributed by atoms with Gasteiger partial charge in [0.05, 0.1) is 11.0 Å². The molecule has 3 rings (SSSR count). The smallest absolute Gasteiger partial charge is 0.107 e. The van der Waals surface area contributed by atoms with Crippen LogP contribution in [0.5, 0.6) is 0 Å². The van der Waals surface area contributed by atoms with Crippen LogP contribution in [0, 0.1) is 5.92 Å². The molecule has 23 heavy (non-hydrogen) atoms. The first kappa shape index (κ1) is 15.9. The average molecular weight is 328 g/mol. The van der Waals surface area contributed by atoms with Crippen LogP contribution in [0.3, 0.4) is 0 Å². The van der Waals surface area contributed by atoms with E-state index in [2.05, 4.69) is 47.3 Å². The number of nitrogens with one attached hydrogen (secondary N) is 2. The van der Waals surface area contributed by atoms with Crippen molar-refractivity contribution in [2.75, 3.05) is 5.32 Å². The molecule has 0 aliphatic rings. The van der Waals surface area contributed by atoms with Crippen molar-refractivity contribution in [1.82, 2.24) is 9.97 Å². The molecule has 0 atom stereocenters. The van der Waals surface area contributed by atoms with Crippen molar-refractivity contribution in [3.05, 3.63) is 58.9 Å². The number of aromatic nitrogens is 2. The maximum Gasteiger partial charge on any atom is 0.107 e. The Hall–Kier alpha value is -2.00. The van der Waals surface area contributed by atoms with Crippen LogP contribution < -0.4 is 5.32 Å². The first-order valence-electron chi connectivity index (χ1n) is 8.07. The zero-order chi connectivity index (χ0) is 16.2. The van der Waals surface area contributed by atoms with Crippen LogP contribution in [0.1, 0.15) is 31.7 Å². The van der Waals surface area contributed by atoms with E-state index in [0.717, 1.165) is 47.0 Å². The maximum atomic E-state index is 5.91. The first-order valence-corrected chi connectivity index (χ1v) is 8.45. The van der Waals surface area contributed by atoms with Crippen molar-refractivity contribution in [2.24, 2.45) is 5.92 Å². The summed E-state index contributed by atoms with van der Waals surface area (Å²) in [4.78, 5) is 8.08. The van der Waals surface area contributed by atoms with Gasteiger partial charge in [-0.2, -0.15) is 0 Å². The third-order valence-electron chi connectivity index (χ3n) is 3.90. The topological polar surface area (TPSA) is 40.7 Å². The second kappa shape index (κ2) is 7.05. The van der Waals surface area contributed by atoms with E-state index in [1.807, 2.05) is 24.3 Å². The van der Waals surface area contributed by atoms with E-state index in [-0.39, 0.29) is 0 Å². The zero-order valence-corrected chi connectivity index (χ0v) is 14.3. The Morgan fingerprint density at radius 2 is 1.91 bits per heavy atom. The second-order valence-corrected chi connectivity index (χ2v) is 6.76. The number of aromatic amines is 1. The van der Waals surface area contributed by atoms with E-state index < -0.39 is 0 Å². The molecule has 0 saturated carbocycles. The van der Waals surface area contributed by atoms with E-state index in [1.165, 1.54) is 5.56 Å². The molecule has 0 amide bonds. The van der Waals surface area contributed by atoms with Gasteiger partial charge in [-0.25, -0.2) is 4.98 Å². The fourth-order valence-corrected chi connectivity index (χ4v) is 2.65. The molecule has 0 radical (unpaired) electrons. The molecule has 0 fully saturated rings. The Balaban J connectivity index is 1.68. The van der Waals surface area contributed by atoms with Crippen LogP contribution in [0.15, 0.2) is 42.5 Å². The van der Waals surface area contributed by atoms with Crippen LogP contribution in [-0.4, -0.2) is 9.97 Å². The van der Waals surface area contributed by atoms with Gasteiger partial charge >= 0.3 is 0 Å². The minimum Gasteiger partial charge on any atom is -0.381 e. The largest absolute Gasteiger partial charge is 0.381 e. The van der Waals surface area contributed by atoms with Crippen LogP contribution in [0.4, 0.5) is 5.69 Å². The van der Waals surface area contributed by atoms with Gasteiger partial charge in [0.25, 0.3) is 0 Å². The number of nitrogens with zero attached hydrogens (tertiary/aromatic N) is 1. The van der Waals surface area contributed by atoms with Crippen molar-refractivity contribution in [2.45, 2.75) is 33.2 Å². The van der Waals surface area contributed by atoms with Gasteiger partial charge in [0.2, 0.25) is 0 Å². The highest BCUT2D eigenvalue weighted by Gasteiger charge is 2.05. The molecule has 120 valence electrons. The van der Waals surface area contributed by atoms with Crippen LogP contribution in [-0.2, 0) is 13.0 Å². The molecule has 0 aliphatic heterocycles. The Morgan fingerprint density at radius 1 is 1.13 bits per heavy atom. The highest BCUT2D eigenvalue weighted by Crippen LogP contribution is 2.19. The van der Waals surface area contributed by atoms with Crippen LogP contribution in [0.25, 0.3) is 11.0 Å². The summed E-state index contributed by atoms with van der Waals surface area (Å²) in [5, 5.41) is 4.21. The van der Waals surface area contributed by atoms with Crippen molar-refractivity contribution in [1.29, 1.82) is 0 Å². The Morgan fingerprint density at radius 3 is 2.65 bits per heavy atom. The molecule has 4 heteroatoms. The summed E-state index contributed by atoms with van der Waals surface area (Å²) in [6.45, 7) is 5.25. The summed E-state index contributed by atoms with van der Waals surface area (Å²) in [7, 11) is 0.